The molecule has 1 aliphatic rings. The van der Waals surface area contributed by atoms with Gasteiger partial charge < -0.3 is 19.2 Å². The lowest BCUT2D eigenvalue weighted by Crippen LogP contribution is -2.38. The van der Waals surface area contributed by atoms with Crippen LogP contribution >= 0.6 is 11.8 Å². The van der Waals surface area contributed by atoms with Crippen LogP contribution in [0.1, 0.15) is 57.4 Å². The first-order chi connectivity index (χ1) is 16.0. The van der Waals surface area contributed by atoms with Crippen LogP contribution in [0.3, 0.4) is 0 Å². The van der Waals surface area contributed by atoms with E-state index in [0.29, 0.717) is 36.7 Å². The number of unbranched alkanes of at least 4 members (excludes halogenated alkanes) is 1. The van der Waals surface area contributed by atoms with Gasteiger partial charge in [-0.1, -0.05) is 24.6 Å². The van der Waals surface area contributed by atoms with Crippen LogP contribution in [0.5, 0.6) is 11.5 Å². The second-order valence-corrected chi connectivity index (χ2v) is 8.94. The standard InChI is InChI=1S/C26H36N2O4S/c1-7-9-14-22(33-6)18-21(29)13-11-10-12-19(8-2)26-28(3)25(27-32-26)20-15-16-23(30-4)24(17-20)31-5/h1,14-17,19,26H,8-13,18H2,2-6H3/b22-14-. The Morgan fingerprint density at radius 3 is 2.73 bits per heavy atom. The molecule has 7 heteroatoms. The molecule has 1 aromatic rings. The normalized spacial score (nSPS) is 16.6. The van der Waals surface area contributed by atoms with Crippen molar-refractivity contribution in [3.8, 4) is 23.8 Å². The molecule has 0 radical (unpaired) electrons. The number of rotatable bonds is 14. The van der Waals surface area contributed by atoms with Crippen molar-refractivity contribution < 1.29 is 19.1 Å². The van der Waals surface area contributed by atoms with Crippen molar-refractivity contribution in [2.75, 3.05) is 27.5 Å². The summed E-state index contributed by atoms with van der Waals surface area (Å²) < 4.78 is 10.8. The van der Waals surface area contributed by atoms with Crippen molar-refractivity contribution in [3.05, 3.63) is 34.7 Å². The fraction of sp³-hybridized carbons (Fsp3) is 0.538. The predicted molar refractivity (Wildman–Crippen MR) is 136 cm³/mol. The van der Waals surface area contributed by atoms with Crippen LogP contribution in [-0.2, 0) is 9.63 Å². The molecule has 0 spiro atoms. The number of ketones is 1. The fourth-order valence-electron chi connectivity index (χ4n) is 3.95. The Kier molecular flexibility index (Phi) is 11.2. The van der Waals surface area contributed by atoms with Crippen LogP contribution in [0.15, 0.2) is 34.3 Å². The number of ether oxygens (including phenoxy) is 2. The number of terminal acetylenes is 1. The van der Waals surface area contributed by atoms with E-state index in [1.165, 1.54) is 0 Å². The van der Waals surface area contributed by atoms with Crippen molar-refractivity contribution in [2.24, 2.45) is 11.1 Å². The highest BCUT2D eigenvalue weighted by atomic mass is 32.2. The maximum Gasteiger partial charge on any atom is 0.203 e. The highest BCUT2D eigenvalue weighted by molar-refractivity contribution is 8.02. The summed E-state index contributed by atoms with van der Waals surface area (Å²) in [5, 5.41) is 4.36. The summed E-state index contributed by atoms with van der Waals surface area (Å²) in [6.07, 6.45) is 14.6. The fourth-order valence-corrected chi connectivity index (χ4v) is 4.51. The Labute approximate surface area is 202 Å². The van der Waals surface area contributed by atoms with Gasteiger partial charge in [0.25, 0.3) is 0 Å². The van der Waals surface area contributed by atoms with E-state index >= 15 is 0 Å². The molecule has 0 aromatic heterocycles. The van der Waals surface area contributed by atoms with Gasteiger partial charge in [0.15, 0.2) is 17.3 Å². The maximum atomic E-state index is 12.3. The minimum Gasteiger partial charge on any atom is -0.493 e. The summed E-state index contributed by atoms with van der Waals surface area (Å²) in [6.45, 7) is 2.17. The molecule has 1 heterocycles. The van der Waals surface area contributed by atoms with Crippen LogP contribution in [0.25, 0.3) is 0 Å². The number of thioether (sulfide) groups is 1. The Balaban J connectivity index is 1.87. The first-order valence-electron chi connectivity index (χ1n) is 11.4. The first kappa shape index (κ1) is 26.7. The highest BCUT2D eigenvalue weighted by Crippen LogP contribution is 2.32. The van der Waals surface area contributed by atoms with Crippen molar-refractivity contribution in [3.63, 3.8) is 0 Å². The molecule has 1 aromatic carbocycles. The molecular formula is C26H36N2O4S. The van der Waals surface area contributed by atoms with Gasteiger partial charge in [0.1, 0.15) is 5.78 Å². The van der Waals surface area contributed by atoms with E-state index in [-0.39, 0.29) is 12.0 Å². The Morgan fingerprint density at radius 2 is 2.09 bits per heavy atom. The van der Waals surface area contributed by atoms with Gasteiger partial charge in [-0.2, -0.15) is 0 Å². The largest absolute Gasteiger partial charge is 0.493 e. The topological polar surface area (TPSA) is 60.4 Å². The molecule has 0 bridgehead atoms. The lowest BCUT2D eigenvalue weighted by molar-refractivity contribution is -0.118. The summed E-state index contributed by atoms with van der Waals surface area (Å²) >= 11 is 1.60. The van der Waals surface area contributed by atoms with Crippen molar-refractivity contribution >= 4 is 23.4 Å². The van der Waals surface area contributed by atoms with Crippen LogP contribution in [0.4, 0.5) is 0 Å². The number of methoxy groups -OCH3 is 2. The summed E-state index contributed by atoms with van der Waals surface area (Å²) in [6, 6.07) is 5.74. The van der Waals surface area contributed by atoms with Crippen molar-refractivity contribution in [1.82, 2.24) is 4.90 Å². The van der Waals surface area contributed by atoms with Gasteiger partial charge in [-0.15, -0.1) is 24.1 Å². The van der Waals surface area contributed by atoms with E-state index in [0.717, 1.165) is 42.0 Å². The van der Waals surface area contributed by atoms with E-state index in [2.05, 4.69) is 22.9 Å². The summed E-state index contributed by atoms with van der Waals surface area (Å²) in [7, 11) is 5.24. The molecule has 1 aliphatic heterocycles. The molecule has 180 valence electrons. The number of amidine groups is 1. The van der Waals surface area contributed by atoms with Gasteiger partial charge in [0, 0.05) is 37.8 Å². The number of allylic oxidation sites excluding steroid dienone is 2. The molecule has 0 saturated heterocycles. The quantitative estimate of drug-likeness (QED) is 0.264. The van der Waals surface area contributed by atoms with Crippen LogP contribution < -0.4 is 9.47 Å². The van der Waals surface area contributed by atoms with Gasteiger partial charge >= 0.3 is 0 Å². The third-order valence-electron chi connectivity index (χ3n) is 5.89. The van der Waals surface area contributed by atoms with Gasteiger partial charge in [-0.25, -0.2) is 0 Å². The number of oxime groups is 1. The summed E-state index contributed by atoms with van der Waals surface area (Å²) in [5.41, 5.74) is 0.917. The van der Waals surface area contributed by atoms with E-state index in [9.17, 15) is 4.79 Å². The predicted octanol–water partition coefficient (Wildman–Crippen LogP) is 5.47. The van der Waals surface area contributed by atoms with Crippen molar-refractivity contribution in [1.29, 1.82) is 0 Å². The molecule has 0 N–H and O–H groups in total. The van der Waals surface area contributed by atoms with E-state index < -0.39 is 0 Å². The van der Waals surface area contributed by atoms with Crippen LogP contribution in [0.2, 0.25) is 0 Å². The van der Waals surface area contributed by atoms with E-state index in [1.807, 2.05) is 37.6 Å². The number of nitrogens with zero attached hydrogens (tertiary/aromatic N) is 2. The minimum atomic E-state index is -0.122. The SMILES string of the molecule is C#CC/C=C(/CC(=O)CCCCC(CC)C1ON=C(c2ccc(OC)c(OC)c2)N1C)SC. The molecule has 0 aliphatic carbocycles. The van der Waals surface area contributed by atoms with Gasteiger partial charge in [-0.05, 0) is 48.6 Å². The zero-order valence-electron chi connectivity index (χ0n) is 20.4. The summed E-state index contributed by atoms with van der Waals surface area (Å²) in [4.78, 5) is 21.3. The number of hydrogen-bond acceptors (Lipinski definition) is 7. The molecule has 2 unspecified atom stereocenters. The van der Waals surface area contributed by atoms with Crippen molar-refractivity contribution in [2.45, 2.75) is 58.1 Å². The van der Waals surface area contributed by atoms with E-state index in [1.54, 1.807) is 26.0 Å². The molecule has 0 amide bonds. The number of hydrogen-bond donors (Lipinski definition) is 0. The smallest absolute Gasteiger partial charge is 0.203 e. The molecular weight excluding hydrogens is 436 g/mol. The number of carbonyl (C=O) groups is 1. The molecule has 2 atom stereocenters. The average Bonchev–Trinajstić information content (AvgIpc) is 3.22. The third-order valence-corrected chi connectivity index (χ3v) is 6.73. The Hall–Kier alpha value is -2.59. The van der Waals surface area contributed by atoms with Crippen LogP contribution in [0, 0.1) is 18.3 Å². The number of benzene rings is 1. The molecule has 6 nitrogen and oxygen atoms in total. The zero-order valence-corrected chi connectivity index (χ0v) is 21.2. The molecule has 0 fully saturated rings. The Bertz CT molecular complexity index is 891. The van der Waals surface area contributed by atoms with Gasteiger partial charge in [0.05, 0.1) is 14.2 Å². The molecule has 33 heavy (non-hydrogen) atoms. The summed E-state index contributed by atoms with van der Waals surface area (Å²) in [5.74, 6) is 5.30. The zero-order chi connectivity index (χ0) is 24.2. The molecule has 2 rings (SSSR count). The monoisotopic (exact) mass is 472 g/mol. The lowest BCUT2D eigenvalue weighted by atomic mass is 9.95. The Morgan fingerprint density at radius 1 is 1.33 bits per heavy atom. The van der Waals surface area contributed by atoms with Crippen LogP contribution in [-0.4, -0.2) is 50.3 Å². The van der Waals surface area contributed by atoms with Gasteiger partial charge in [-0.3, -0.25) is 4.79 Å². The first-order valence-corrected chi connectivity index (χ1v) is 12.6. The third kappa shape index (κ3) is 7.46. The second kappa shape index (κ2) is 13.8. The number of carbonyl (C=O) groups excluding carboxylic acids is 1. The van der Waals surface area contributed by atoms with E-state index in [4.69, 9.17) is 20.7 Å². The average molecular weight is 473 g/mol. The maximum absolute atomic E-state index is 12.3. The minimum absolute atomic E-state index is 0.122. The second-order valence-electron chi connectivity index (χ2n) is 8.00. The highest BCUT2D eigenvalue weighted by Gasteiger charge is 2.33. The van der Waals surface area contributed by atoms with Gasteiger partial charge in [0.2, 0.25) is 6.23 Å². The lowest BCUT2D eigenvalue weighted by Gasteiger charge is -2.27. The number of Topliss-reactive ketones (excluding diaryl/α,β-unsaturated/α-hetero) is 1. The molecule has 0 saturated carbocycles.